The van der Waals surface area contributed by atoms with Gasteiger partial charge in [-0.1, -0.05) is 79.2 Å². The van der Waals surface area contributed by atoms with Crippen molar-refractivity contribution >= 4 is 39.8 Å². The summed E-state index contributed by atoms with van der Waals surface area (Å²) in [6.45, 7) is 1.90. The summed E-state index contributed by atoms with van der Waals surface area (Å²) >= 11 is 5.96. The van der Waals surface area contributed by atoms with E-state index in [2.05, 4.69) is 0 Å². The molecule has 0 aromatic heterocycles. The third-order valence-corrected chi connectivity index (χ3v) is 6.79. The van der Waals surface area contributed by atoms with Gasteiger partial charge < -0.3 is 10.0 Å². The molecule has 33 heavy (non-hydrogen) atoms. The number of benzene rings is 4. The van der Waals surface area contributed by atoms with Crippen molar-refractivity contribution in [2.75, 3.05) is 4.90 Å². The van der Waals surface area contributed by atoms with Crippen LogP contribution in [0.25, 0.3) is 10.8 Å². The van der Waals surface area contributed by atoms with E-state index >= 15 is 0 Å². The molecule has 0 bridgehead atoms. The molecular formula is C28H22ClNO3. The zero-order valence-corrected chi connectivity index (χ0v) is 18.8. The Labute approximate surface area is 197 Å². The molecule has 5 rings (SSSR count). The van der Waals surface area contributed by atoms with Crippen LogP contribution in [-0.2, 0) is 16.9 Å². The molecule has 1 aliphatic heterocycles. The number of aliphatic hydroxyl groups is 1. The highest BCUT2D eigenvalue weighted by molar-refractivity contribution is 6.30. The Morgan fingerprint density at radius 2 is 1.61 bits per heavy atom. The van der Waals surface area contributed by atoms with E-state index in [0.717, 1.165) is 16.3 Å². The number of anilines is 1. The predicted octanol–water partition coefficient (Wildman–Crippen LogP) is 5.75. The third-order valence-electron chi connectivity index (χ3n) is 6.53. The average molecular weight is 456 g/mol. The van der Waals surface area contributed by atoms with E-state index in [9.17, 15) is 14.7 Å². The molecule has 0 fully saturated rings. The lowest BCUT2D eigenvalue weighted by atomic mass is 9.79. The second-order valence-electron chi connectivity index (χ2n) is 8.41. The molecule has 0 aliphatic carbocycles. The van der Waals surface area contributed by atoms with Gasteiger partial charge in [-0.3, -0.25) is 9.59 Å². The van der Waals surface area contributed by atoms with Crippen molar-refractivity contribution in [3.8, 4) is 0 Å². The molecule has 164 valence electrons. The molecule has 1 N–H and O–H groups in total. The second-order valence-corrected chi connectivity index (χ2v) is 8.84. The maximum absolute atomic E-state index is 13.8. The van der Waals surface area contributed by atoms with Crippen molar-refractivity contribution in [2.24, 2.45) is 5.92 Å². The van der Waals surface area contributed by atoms with Gasteiger partial charge in [0.05, 0.1) is 18.2 Å². The van der Waals surface area contributed by atoms with Gasteiger partial charge in [0.2, 0.25) is 0 Å². The smallest absolute Gasteiger partial charge is 0.264 e. The van der Waals surface area contributed by atoms with Crippen LogP contribution in [0.1, 0.15) is 28.4 Å². The standard InChI is InChI=1S/C28H22ClNO3/c1-18(26(31)20-13-15-22(29)16-14-20)28(33)24-11-4-5-12-25(24)30(27(28)32)17-21-9-6-8-19-7-2-3-10-23(19)21/h2-16,18,33H,17H2,1H3/t18-,28-/m0/s1. The fraction of sp³-hybridized carbons (Fsp3) is 0.143. The van der Waals surface area contributed by atoms with Gasteiger partial charge >= 0.3 is 0 Å². The fourth-order valence-electron chi connectivity index (χ4n) is 4.69. The number of hydrogen-bond donors (Lipinski definition) is 1. The minimum absolute atomic E-state index is 0.293. The maximum atomic E-state index is 13.8. The fourth-order valence-corrected chi connectivity index (χ4v) is 4.82. The Morgan fingerprint density at radius 3 is 2.39 bits per heavy atom. The molecule has 4 aromatic carbocycles. The van der Waals surface area contributed by atoms with Crippen LogP contribution in [0.2, 0.25) is 5.02 Å². The van der Waals surface area contributed by atoms with E-state index < -0.39 is 17.4 Å². The molecule has 4 nitrogen and oxygen atoms in total. The Hall–Kier alpha value is -3.47. The van der Waals surface area contributed by atoms with Gasteiger partial charge in [0.15, 0.2) is 11.4 Å². The zero-order chi connectivity index (χ0) is 23.2. The van der Waals surface area contributed by atoms with Crippen LogP contribution in [0, 0.1) is 5.92 Å². The van der Waals surface area contributed by atoms with Gasteiger partial charge in [-0.25, -0.2) is 0 Å². The predicted molar refractivity (Wildman–Crippen MR) is 130 cm³/mol. The number of hydrogen-bond acceptors (Lipinski definition) is 3. The van der Waals surface area contributed by atoms with Crippen molar-refractivity contribution in [1.29, 1.82) is 0 Å². The molecule has 4 aromatic rings. The number of rotatable bonds is 5. The molecule has 0 radical (unpaired) electrons. The number of carbonyl (C=O) groups excluding carboxylic acids is 2. The highest BCUT2D eigenvalue weighted by atomic mass is 35.5. The van der Waals surface area contributed by atoms with Gasteiger partial charge in [-0.05, 0) is 46.7 Å². The van der Waals surface area contributed by atoms with Crippen molar-refractivity contribution in [3.05, 3.63) is 113 Å². The number of halogens is 1. The van der Waals surface area contributed by atoms with Crippen LogP contribution in [-0.4, -0.2) is 16.8 Å². The summed E-state index contributed by atoms with van der Waals surface area (Å²) in [4.78, 5) is 28.6. The molecule has 2 atom stereocenters. The monoisotopic (exact) mass is 455 g/mol. The van der Waals surface area contributed by atoms with Gasteiger partial charge in [-0.2, -0.15) is 0 Å². The minimum Gasteiger partial charge on any atom is -0.375 e. The lowest BCUT2D eigenvalue weighted by molar-refractivity contribution is -0.139. The molecule has 1 aliphatic rings. The highest BCUT2D eigenvalue weighted by Gasteiger charge is 2.55. The van der Waals surface area contributed by atoms with E-state index in [4.69, 9.17) is 11.6 Å². The van der Waals surface area contributed by atoms with Crippen LogP contribution in [0.15, 0.2) is 91.0 Å². The molecule has 0 saturated heterocycles. The van der Waals surface area contributed by atoms with Gasteiger partial charge in [0.25, 0.3) is 5.91 Å². The largest absolute Gasteiger partial charge is 0.375 e. The summed E-state index contributed by atoms with van der Waals surface area (Å²) in [5.74, 6) is -1.79. The molecular weight excluding hydrogens is 434 g/mol. The first-order valence-electron chi connectivity index (χ1n) is 10.8. The van der Waals surface area contributed by atoms with Crippen LogP contribution in [0.3, 0.4) is 0 Å². The van der Waals surface area contributed by atoms with E-state index in [1.807, 2.05) is 54.6 Å². The summed E-state index contributed by atoms with van der Waals surface area (Å²) < 4.78 is 0. The summed E-state index contributed by atoms with van der Waals surface area (Å²) in [7, 11) is 0. The van der Waals surface area contributed by atoms with E-state index in [1.165, 1.54) is 0 Å². The number of amides is 1. The van der Waals surface area contributed by atoms with E-state index in [1.54, 1.807) is 48.2 Å². The quantitative estimate of drug-likeness (QED) is 0.390. The van der Waals surface area contributed by atoms with Crippen molar-refractivity contribution < 1.29 is 14.7 Å². The van der Waals surface area contributed by atoms with Crippen LogP contribution < -0.4 is 4.90 Å². The van der Waals surface area contributed by atoms with Crippen molar-refractivity contribution in [1.82, 2.24) is 0 Å². The van der Waals surface area contributed by atoms with Crippen LogP contribution in [0.5, 0.6) is 0 Å². The van der Waals surface area contributed by atoms with Crippen LogP contribution >= 0.6 is 11.6 Å². The Bertz CT molecular complexity index is 1380. The van der Waals surface area contributed by atoms with E-state index in [0.29, 0.717) is 28.4 Å². The van der Waals surface area contributed by atoms with Crippen molar-refractivity contribution in [2.45, 2.75) is 19.1 Å². The van der Waals surface area contributed by atoms with Gasteiger partial charge in [-0.15, -0.1) is 0 Å². The van der Waals surface area contributed by atoms with Crippen LogP contribution in [0.4, 0.5) is 5.69 Å². The zero-order valence-electron chi connectivity index (χ0n) is 18.0. The lowest BCUT2D eigenvalue weighted by Gasteiger charge is -2.28. The first-order chi connectivity index (χ1) is 15.9. The number of ketones is 1. The van der Waals surface area contributed by atoms with Gasteiger partial charge in [0.1, 0.15) is 0 Å². The molecule has 5 heteroatoms. The molecule has 0 spiro atoms. The van der Waals surface area contributed by atoms with Crippen molar-refractivity contribution in [3.63, 3.8) is 0 Å². The minimum atomic E-state index is -1.96. The number of fused-ring (bicyclic) bond motifs is 2. The Morgan fingerprint density at radius 1 is 0.939 bits per heavy atom. The summed E-state index contributed by atoms with van der Waals surface area (Å²) in [5, 5.41) is 14.4. The molecule has 1 heterocycles. The topological polar surface area (TPSA) is 57.6 Å². The third kappa shape index (κ3) is 3.43. The molecule has 1 amide bonds. The number of nitrogens with zero attached hydrogens (tertiary/aromatic N) is 1. The first-order valence-corrected chi connectivity index (χ1v) is 11.2. The Balaban J connectivity index is 1.55. The maximum Gasteiger partial charge on any atom is 0.264 e. The highest BCUT2D eigenvalue weighted by Crippen LogP contribution is 2.46. The summed E-state index contributed by atoms with van der Waals surface area (Å²) in [6, 6.07) is 27.6. The van der Waals surface area contributed by atoms with Gasteiger partial charge in [0, 0.05) is 16.1 Å². The first kappa shape index (κ1) is 21.4. The summed E-state index contributed by atoms with van der Waals surface area (Å²) in [5.41, 5.74) is 0.479. The Kier molecular flexibility index (Phi) is 5.28. The normalized spacial score (nSPS) is 18.4. The number of carbonyl (C=O) groups is 2. The lowest BCUT2D eigenvalue weighted by Crippen LogP contribution is -2.47. The number of para-hydroxylation sites is 1. The average Bonchev–Trinajstić information content (AvgIpc) is 3.06. The molecule has 0 saturated carbocycles. The van der Waals surface area contributed by atoms with E-state index in [-0.39, 0.29) is 5.78 Å². The summed E-state index contributed by atoms with van der Waals surface area (Å²) in [6.07, 6.45) is 0. The number of Topliss-reactive ketones (excluding diaryl/α,β-unsaturated/α-hetero) is 1. The SMILES string of the molecule is C[C@@H](C(=O)c1ccc(Cl)cc1)[C@@]1(O)C(=O)N(Cc2cccc3ccccc23)c2ccccc21. The molecule has 0 unspecified atom stereocenters. The second kappa shape index (κ2) is 8.14.